The molecule has 0 spiro atoms. The zero-order valence-electron chi connectivity index (χ0n) is 13.9. The van der Waals surface area contributed by atoms with Crippen LogP contribution in [0.25, 0.3) is 10.8 Å². The van der Waals surface area contributed by atoms with Gasteiger partial charge in [0.15, 0.2) is 5.69 Å². The number of nitrogens with zero attached hydrogens (tertiary/aromatic N) is 3. The van der Waals surface area contributed by atoms with Gasteiger partial charge in [-0.3, -0.25) is 14.5 Å². The molecule has 1 amide bonds. The Morgan fingerprint density at radius 2 is 1.85 bits per heavy atom. The van der Waals surface area contributed by atoms with Crippen molar-refractivity contribution < 1.29 is 4.79 Å². The highest BCUT2D eigenvalue weighted by Gasteiger charge is 2.25. The summed E-state index contributed by atoms with van der Waals surface area (Å²) in [6.45, 7) is 3.70. The molecule has 1 aliphatic heterocycles. The van der Waals surface area contributed by atoms with Gasteiger partial charge >= 0.3 is 0 Å². The molecular formula is C18H17ClN4O2S. The predicted molar refractivity (Wildman–Crippen MR) is 103 cm³/mol. The topological polar surface area (TPSA) is 69.3 Å². The van der Waals surface area contributed by atoms with E-state index in [-0.39, 0.29) is 11.5 Å². The highest BCUT2D eigenvalue weighted by Crippen LogP contribution is 2.23. The molecule has 3 aromatic rings. The largest absolute Gasteiger partial charge is 0.335 e. The Hall–Kier alpha value is -2.22. The van der Waals surface area contributed by atoms with Crippen LogP contribution in [0.3, 0.4) is 0 Å². The van der Waals surface area contributed by atoms with Crippen LogP contribution in [0.2, 0.25) is 4.34 Å². The van der Waals surface area contributed by atoms with E-state index >= 15 is 0 Å². The minimum Gasteiger partial charge on any atom is -0.335 e. The van der Waals surface area contributed by atoms with Crippen LogP contribution in [0.15, 0.2) is 41.2 Å². The monoisotopic (exact) mass is 388 g/mol. The maximum Gasteiger partial charge on any atom is 0.275 e. The number of aromatic amines is 1. The van der Waals surface area contributed by atoms with Gasteiger partial charge in [-0.05, 0) is 18.2 Å². The molecule has 0 unspecified atom stereocenters. The summed E-state index contributed by atoms with van der Waals surface area (Å²) < 4.78 is 0.796. The van der Waals surface area contributed by atoms with Gasteiger partial charge in [0.1, 0.15) is 0 Å². The molecule has 26 heavy (non-hydrogen) atoms. The van der Waals surface area contributed by atoms with Gasteiger partial charge in [-0.1, -0.05) is 29.8 Å². The number of H-pyrrole nitrogens is 1. The molecule has 0 aliphatic carbocycles. The molecule has 2 aromatic heterocycles. The minimum absolute atomic E-state index is 0.142. The van der Waals surface area contributed by atoms with E-state index < -0.39 is 0 Å². The van der Waals surface area contributed by atoms with Gasteiger partial charge in [0, 0.05) is 43.0 Å². The zero-order valence-corrected chi connectivity index (χ0v) is 15.5. The lowest BCUT2D eigenvalue weighted by atomic mass is 10.1. The smallest absolute Gasteiger partial charge is 0.275 e. The van der Waals surface area contributed by atoms with Crippen molar-refractivity contribution in [1.29, 1.82) is 0 Å². The van der Waals surface area contributed by atoms with Crippen LogP contribution in [-0.4, -0.2) is 52.1 Å². The summed E-state index contributed by atoms with van der Waals surface area (Å²) >= 11 is 7.57. The summed E-state index contributed by atoms with van der Waals surface area (Å²) in [5, 5.41) is 7.53. The average molecular weight is 389 g/mol. The minimum atomic E-state index is -0.281. The van der Waals surface area contributed by atoms with Crippen molar-refractivity contribution >= 4 is 39.6 Å². The first-order valence-corrected chi connectivity index (χ1v) is 9.54. The summed E-state index contributed by atoms with van der Waals surface area (Å²) in [5.74, 6) is -0.142. The fourth-order valence-electron chi connectivity index (χ4n) is 3.19. The highest BCUT2D eigenvalue weighted by atomic mass is 35.5. The number of carbonyl (C=O) groups is 1. The Morgan fingerprint density at radius 1 is 1.12 bits per heavy atom. The third-order valence-electron chi connectivity index (χ3n) is 4.57. The second-order valence-electron chi connectivity index (χ2n) is 6.22. The lowest BCUT2D eigenvalue weighted by molar-refractivity contribution is 0.0625. The Balaban J connectivity index is 1.47. The number of hydrogen-bond donors (Lipinski definition) is 1. The van der Waals surface area contributed by atoms with Crippen molar-refractivity contribution in [2.45, 2.75) is 6.54 Å². The summed E-state index contributed by atoms with van der Waals surface area (Å²) in [6.07, 6.45) is 0. The van der Waals surface area contributed by atoms with Crippen molar-refractivity contribution in [2.24, 2.45) is 0 Å². The highest BCUT2D eigenvalue weighted by molar-refractivity contribution is 7.16. The lowest BCUT2D eigenvalue weighted by Gasteiger charge is -2.34. The first-order valence-electron chi connectivity index (χ1n) is 8.35. The number of thiophene rings is 1. The maximum absolute atomic E-state index is 12.9. The molecule has 0 radical (unpaired) electrons. The van der Waals surface area contributed by atoms with Crippen LogP contribution in [-0.2, 0) is 6.54 Å². The standard InChI is InChI=1S/C18H17ClN4O2S/c19-15-6-5-12(26-15)11-22-7-9-23(10-8-22)18(25)16-13-3-1-2-4-14(13)17(24)21-20-16/h1-6H,7-11H2,(H,21,24). The molecule has 0 atom stereocenters. The molecule has 1 saturated heterocycles. The second-order valence-corrected chi connectivity index (χ2v) is 8.02. The van der Waals surface area contributed by atoms with Crippen molar-refractivity contribution in [2.75, 3.05) is 26.2 Å². The van der Waals surface area contributed by atoms with Crippen LogP contribution in [0, 0.1) is 0 Å². The number of hydrogen-bond acceptors (Lipinski definition) is 5. The van der Waals surface area contributed by atoms with Crippen LogP contribution in [0.4, 0.5) is 0 Å². The fraction of sp³-hybridized carbons (Fsp3) is 0.278. The predicted octanol–water partition coefficient (Wildman–Crippen LogP) is 2.60. The van der Waals surface area contributed by atoms with E-state index in [0.29, 0.717) is 29.6 Å². The lowest BCUT2D eigenvalue weighted by Crippen LogP contribution is -2.48. The fourth-order valence-corrected chi connectivity index (χ4v) is 4.32. The van der Waals surface area contributed by atoms with Crippen molar-refractivity contribution in [3.05, 3.63) is 61.7 Å². The molecule has 0 bridgehead atoms. The van der Waals surface area contributed by atoms with Crippen LogP contribution in [0.1, 0.15) is 15.4 Å². The molecule has 3 heterocycles. The summed E-state index contributed by atoms with van der Waals surface area (Å²) in [4.78, 5) is 30.1. The Morgan fingerprint density at radius 3 is 2.54 bits per heavy atom. The van der Waals surface area contributed by atoms with Crippen molar-refractivity contribution in [3.8, 4) is 0 Å². The molecule has 1 fully saturated rings. The Kier molecular flexibility index (Phi) is 4.76. The van der Waals surface area contributed by atoms with Crippen LogP contribution >= 0.6 is 22.9 Å². The van der Waals surface area contributed by atoms with E-state index in [0.717, 1.165) is 24.0 Å². The molecular weight excluding hydrogens is 372 g/mol. The number of aromatic nitrogens is 2. The first-order chi connectivity index (χ1) is 12.6. The van der Waals surface area contributed by atoms with E-state index in [1.807, 2.05) is 18.2 Å². The van der Waals surface area contributed by atoms with Gasteiger partial charge < -0.3 is 4.90 Å². The molecule has 1 aliphatic rings. The third-order valence-corrected chi connectivity index (χ3v) is 5.78. The second kappa shape index (κ2) is 7.19. The van der Waals surface area contributed by atoms with E-state index in [2.05, 4.69) is 15.1 Å². The van der Waals surface area contributed by atoms with Crippen molar-refractivity contribution in [3.63, 3.8) is 0 Å². The number of halogens is 1. The van der Waals surface area contributed by atoms with Crippen LogP contribution < -0.4 is 5.56 Å². The van der Waals surface area contributed by atoms with Gasteiger partial charge in [-0.2, -0.15) is 5.10 Å². The van der Waals surface area contributed by atoms with E-state index in [1.165, 1.54) is 4.88 Å². The molecule has 134 valence electrons. The number of benzene rings is 1. The van der Waals surface area contributed by atoms with Gasteiger partial charge in [0.05, 0.1) is 9.72 Å². The van der Waals surface area contributed by atoms with Gasteiger partial charge in [0.2, 0.25) is 0 Å². The zero-order chi connectivity index (χ0) is 18.1. The summed E-state index contributed by atoms with van der Waals surface area (Å²) in [5.41, 5.74) is 0.0234. The Labute approximate surface area is 159 Å². The number of piperazine rings is 1. The number of amides is 1. The van der Waals surface area contributed by atoms with Gasteiger partial charge in [0.25, 0.3) is 11.5 Å². The first kappa shape index (κ1) is 17.2. The maximum atomic E-state index is 12.9. The van der Waals surface area contributed by atoms with E-state index in [9.17, 15) is 9.59 Å². The molecule has 0 saturated carbocycles. The quantitative estimate of drug-likeness (QED) is 0.748. The van der Waals surface area contributed by atoms with Gasteiger partial charge in [-0.15, -0.1) is 11.3 Å². The van der Waals surface area contributed by atoms with E-state index in [1.54, 1.807) is 34.4 Å². The normalized spacial score (nSPS) is 15.5. The molecule has 8 heteroatoms. The number of fused-ring (bicyclic) bond motifs is 1. The van der Waals surface area contributed by atoms with Gasteiger partial charge in [-0.25, -0.2) is 5.10 Å². The van der Waals surface area contributed by atoms with Crippen LogP contribution in [0.5, 0.6) is 0 Å². The summed E-state index contributed by atoms with van der Waals surface area (Å²) in [6, 6.07) is 11.0. The Bertz CT molecular complexity index is 1010. The molecule has 6 nitrogen and oxygen atoms in total. The molecule has 4 rings (SSSR count). The summed E-state index contributed by atoms with van der Waals surface area (Å²) in [7, 11) is 0. The van der Waals surface area contributed by atoms with Crippen molar-refractivity contribution in [1.82, 2.24) is 20.0 Å². The third kappa shape index (κ3) is 3.38. The molecule has 1 aromatic carbocycles. The number of nitrogens with one attached hydrogen (secondary N) is 1. The SMILES string of the molecule is O=C(c1n[nH]c(=O)c2ccccc12)N1CCN(Cc2ccc(Cl)s2)CC1. The number of carbonyl (C=O) groups excluding carboxylic acids is 1. The van der Waals surface area contributed by atoms with E-state index in [4.69, 9.17) is 11.6 Å². The average Bonchev–Trinajstić information content (AvgIpc) is 3.07. The number of rotatable bonds is 3. The molecule has 1 N–H and O–H groups in total.